The standard InChI is InChI=1S/C24H30N4O5S/c1-3-17(2)21(25-22(29)18-10-5-4-6-11-18)24(31)27-26-23(30)19-12-9-13-20(16-19)34(32,33)28-14-7-8-15-28/h4-6,9-13,16-17,21H,3,7-8,14-15H2,1-2H3,(H,25,29)(H,26,30)(H,27,31)/t17-,21-/m0/s1. The number of hydrogen-bond acceptors (Lipinski definition) is 5. The van der Waals surface area contributed by atoms with Crippen molar-refractivity contribution in [2.75, 3.05) is 13.1 Å². The lowest BCUT2D eigenvalue weighted by molar-refractivity contribution is -0.124. The second-order valence-electron chi connectivity index (χ2n) is 8.29. The summed E-state index contributed by atoms with van der Waals surface area (Å²) in [5.74, 6) is -1.83. The van der Waals surface area contributed by atoms with Crippen molar-refractivity contribution in [2.45, 2.75) is 44.0 Å². The summed E-state index contributed by atoms with van der Waals surface area (Å²) in [6.07, 6.45) is 2.24. The SMILES string of the molecule is CC[C@H](C)[C@H](NC(=O)c1ccccc1)C(=O)NNC(=O)c1cccc(S(=O)(=O)N2CCCC2)c1. The minimum Gasteiger partial charge on any atom is -0.340 e. The lowest BCUT2D eigenvalue weighted by atomic mass is 9.98. The molecule has 3 amide bonds. The molecule has 34 heavy (non-hydrogen) atoms. The summed E-state index contributed by atoms with van der Waals surface area (Å²) in [6, 6.07) is 13.3. The number of carbonyl (C=O) groups is 3. The molecule has 0 aliphatic carbocycles. The second kappa shape index (κ2) is 11.3. The number of hydrogen-bond donors (Lipinski definition) is 3. The first-order valence-electron chi connectivity index (χ1n) is 11.3. The predicted molar refractivity (Wildman–Crippen MR) is 127 cm³/mol. The summed E-state index contributed by atoms with van der Waals surface area (Å²) >= 11 is 0. The highest BCUT2D eigenvalue weighted by atomic mass is 32.2. The Morgan fingerprint density at radius 3 is 2.21 bits per heavy atom. The van der Waals surface area contributed by atoms with Crippen LogP contribution in [0.1, 0.15) is 53.8 Å². The van der Waals surface area contributed by atoms with E-state index in [1.165, 1.54) is 28.6 Å². The number of benzene rings is 2. The fourth-order valence-corrected chi connectivity index (χ4v) is 5.22. The number of rotatable bonds is 8. The number of nitrogens with one attached hydrogen (secondary N) is 3. The van der Waals surface area contributed by atoms with E-state index < -0.39 is 33.8 Å². The Bertz CT molecular complexity index is 1130. The summed E-state index contributed by atoms with van der Waals surface area (Å²) in [7, 11) is -3.68. The molecule has 1 aliphatic rings. The van der Waals surface area contributed by atoms with E-state index >= 15 is 0 Å². The van der Waals surface area contributed by atoms with E-state index in [0.717, 1.165) is 12.8 Å². The minimum absolute atomic E-state index is 0.0287. The average molecular weight is 487 g/mol. The Balaban J connectivity index is 1.66. The van der Waals surface area contributed by atoms with Gasteiger partial charge in [0.1, 0.15) is 6.04 Å². The summed E-state index contributed by atoms with van der Waals surface area (Å²) in [6.45, 7) is 4.63. The van der Waals surface area contributed by atoms with Gasteiger partial charge in [-0.1, -0.05) is 44.5 Å². The molecule has 0 aromatic heterocycles. The first-order valence-corrected chi connectivity index (χ1v) is 12.7. The third kappa shape index (κ3) is 6.00. The van der Waals surface area contributed by atoms with Crippen molar-refractivity contribution >= 4 is 27.7 Å². The van der Waals surface area contributed by atoms with E-state index in [4.69, 9.17) is 0 Å². The maximum absolute atomic E-state index is 12.8. The van der Waals surface area contributed by atoms with Gasteiger partial charge in [-0.3, -0.25) is 25.2 Å². The maximum Gasteiger partial charge on any atom is 0.269 e. The van der Waals surface area contributed by atoms with Gasteiger partial charge >= 0.3 is 0 Å². The van der Waals surface area contributed by atoms with Crippen molar-refractivity contribution in [1.82, 2.24) is 20.5 Å². The molecule has 1 heterocycles. The van der Waals surface area contributed by atoms with Crippen LogP contribution in [0.2, 0.25) is 0 Å². The molecular weight excluding hydrogens is 456 g/mol. The second-order valence-corrected chi connectivity index (χ2v) is 10.2. The lowest BCUT2D eigenvalue weighted by Gasteiger charge is -2.23. The zero-order valence-corrected chi connectivity index (χ0v) is 20.1. The molecule has 2 aromatic rings. The quantitative estimate of drug-likeness (QED) is 0.493. The number of sulfonamides is 1. The van der Waals surface area contributed by atoms with Crippen LogP contribution < -0.4 is 16.2 Å². The van der Waals surface area contributed by atoms with Crippen molar-refractivity contribution in [3.05, 3.63) is 65.7 Å². The Hall–Kier alpha value is -3.24. The van der Waals surface area contributed by atoms with E-state index in [2.05, 4.69) is 16.2 Å². The number of amides is 3. The van der Waals surface area contributed by atoms with Crippen molar-refractivity contribution in [2.24, 2.45) is 5.92 Å². The van der Waals surface area contributed by atoms with Gasteiger partial charge in [0.15, 0.2) is 0 Å². The van der Waals surface area contributed by atoms with Crippen LogP contribution in [-0.2, 0) is 14.8 Å². The van der Waals surface area contributed by atoms with Gasteiger partial charge in [0.05, 0.1) is 4.90 Å². The van der Waals surface area contributed by atoms with Crippen molar-refractivity contribution in [3.8, 4) is 0 Å². The van der Waals surface area contributed by atoms with E-state index in [1.807, 2.05) is 13.8 Å². The molecule has 2 aromatic carbocycles. The zero-order chi connectivity index (χ0) is 24.7. The topological polar surface area (TPSA) is 125 Å². The van der Waals surface area contributed by atoms with Crippen LogP contribution in [0.5, 0.6) is 0 Å². The third-order valence-electron chi connectivity index (χ3n) is 5.92. The largest absolute Gasteiger partial charge is 0.340 e. The van der Waals surface area contributed by atoms with Gasteiger partial charge in [0.25, 0.3) is 17.7 Å². The molecule has 9 nitrogen and oxygen atoms in total. The molecule has 2 atom stereocenters. The van der Waals surface area contributed by atoms with Crippen molar-refractivity contribution in [1.29, 1.82) is 0 Å². The highest BCUT2D eigenvalue weighted by molar-refractivity contribution is 7.89. The fraction of sp³-hybridized carbons (Fsp3) is 0.375. The monoisotopic (exact) mass is 486 g/mol. The van der Waals surface area contributed by atoms with Gasteiger partial charge in [-0.2, -0.15) is 4.31 Å². The van der Waals surface area contributed by atoms with Crippen LogP contribution in [-0.4, -0.2) is 49.6 Å². The van der Waals surface area contributed by atoms with Gasteiger partial charge in [-0.05, 0) is 49.1 Å². The van der Waals surface area contributed by atoms with Crippen LogP contribution in [0.3, 0.4) is 0 Å². The maximum atomic E-state index is 12.8. The molecule has 0 radical (unpaired) electrons. The highest BCUT2D eigenvalue weighted by Gasteiger charge is 2.29. The van der Waals surface area contributed by atoms with Crippen LogP contribution in [0.15, 0.2) is 59.5 Å². The number of hydrazine groups is 1. The van der Waals surface area contributed by atoms with Crippen molar-refractivity contribution < 1.29 is 22.8 Å². The summed E-state index contributed by atoms with van der Waals surface area (Å²) < 4.78 is 27.0. The van der Waals surface area contributed by atoms with E-state index in [1.54, 1.807) is 30.3 Å². The van der Waals surface area contributed by atoms with Gasteiger partial charge in [0.2, 0.25) is 10.0 Å². The average Bonchev–Trinajstić information content (AvgIpc) is 3.41. The normalized spacial score (nSPS) is 15.8. The van der Waals surface area contributed by atoms with E-state index in [0.29, 0.717) is 25.1 Å². The van der Waals surface area contributed by atoms with Gasteiger partial charge in [0, 0.05) is 24.2 Å². The first-order chi connectivity index (χ1) is 16.2. The molecule has 3 N–H and O–H groups in total. The van der Waals surface area contributed by atoms with E-state index in [9.17, 15) is 22.8 Å². The Labute approximate surface area is 199 Å². The van der Waals surface area contributed by atoms with Crippen LogP contribution in [0.4, 0.5) is 0 Å². The third-order valence-corrected chi connectivity index (χ3v) is 7.81. The fourth-order valence-electron chi connectivity index (χ4n) is 3.66. The molecule has 0 saturated carbocycles. The predicted octanol–water partition coefficient (Wildman–Crippen LogP) is 2.08. The molecule has 10 heteroatoms. The molecule has 182 valence electrons. The van der Waals surface area contributed by atoms with Crippen molar-refractivity contribution in [3.63, 3.8) is 0 Å². The minimum atomic E-state index is -3.68. The zero-order valence-electron chi connectivity index (χ0n) is 19.3. The number of carbonyl (C=O) groups excluding carboxylic acids is 3. The van der Waals surface area contributed by atoms with Crippen LogP contribution >= 0.6 is 0 Å². The van der Waals surface area contributed by atoms with Gasteiger partial charge < -0.3 is 5.32 Å². The smallest absolute Gasteiger partial charge is 0.269 e. The van der Waals surface area contributed by atoms with Gasteiger partial charge in [-0.15, -0.1) is 0 Å². The Kier molecular flexibility index (Phi) is 8.41. The molecule has 1 fully saturated rings. The van der Waals surface area contributed by atoms with Gasteiger partial charge in [-0.25, -0.2) is 8.42 Å². The molecule has 0 unspecified atom stereocenters. The van der Waals surface area contributed by atoms with Crippen LogP contribution in [0.25, 0.3) is 0 Å². The molecular formula is C24H30N4O5S. The summed E-state index contributed by atoms with van der Waals surface area (Å²) in [4.78, 5) is 38.0. The van der Waals surface area contributed by atoms with E-state index in [-0.39, 0.29) is 16.4 Å². The lowest BCUT2D eigenvalue weighted by Crippen LogP contribution is -2.54. The highest BCUT2D eigenvalue weighted by Crippen LogP contribution is 2.21. The first kappa shape index (κ1) is 25.4. The molecule has 0 spiro atoms. The Morgan fingerprint density at radius 2 is 1.56 bits per heavy atom. The molecule has 1 aliphatic heterocycles. The molecule has 1 saturated heterocycles. The summed E-state index contributed by atoms with van der Waals surface area (Å²) in [5.41, 5.74) is 5.19. The van der Waals surface area contributed by atoms with Crippen LogP contribution in [0, 0.1) is 5.92 Å². The summed E-state index contributed by atoms with van der Waals surface area (Å²) in [5, 5.41) is 2.72. The molecule has 3 rings (SSSR count). The molecule has 0 bridgehead atoms. The number of nitrogens with zero attached hydrogens (tertiary/aromatic N) is 1. The Morgan fingerprint density at radius 1 is 0.912 bits per heavy atom.